The van der Waals surface area contributed by atoms with Crippen molar-refractivity contribution in [3.05, 3.63) is 35.9 Å². The van der Waals surface area contributed by atoms with Crippen molar-refractivity contribution in [2.24, 2.45) is 11.7 Å². The number of nitrogens with zero attached hydrogens (tertiary/aromatic N) is 1. The number of hydrogen-bond acceptors (Lipinski definition) is 4. The van der Waals surface area contributed by atoms with Crippen LogP contribution in [-0.2, 0) is 0 Å². The first-order valence-corrected chi connectivity index (χ1v) is 5.86. The van der Waals surface area contributed by atoms with Gasteiger partial charge in [0, 0.05) is 37.8 Å². The fourth-order valence-electron chi connectivity index (χ4n) is 2.08. The van der Waals surface area contributed by atoms with Gasteiger partial charge < -0.3 is 20.7 Å². The van der Waals surface area contributed by atoms with E-state index in [2.05, 4.69) is 10.2 Å². The Hall–Kier alpha value is -1.91. The number of halogens is 1. The lowest BCUT2D eigenvalue weighted by atomic mass is 10.1. The highest BCUT2D eigenvalue weighted by molar-refractivity contribution is 5.50. The van der Waals surface area contributed by atoms with Crippen LogP contribution in [0.4, 0.5) is 10.1 Å². The molecule has 98 valence electrons. The van der Waals surface area contributed by atoms with E-state index in [-0.39, 0.29) is 11.6 Å². The summed E-state index contributed by atoms with van der Waals surface area (Å²) in [4.78, 5) is 2.06. The van der Waals surface area contributed by atoms with Crippen molar-refractivity contribution >= 4 is 5.69 Å². The maximum atomic E-state index is 13.3. The molecular weight excluding hydrogens is 233 g/mol. The lowest BCUT2D eigenvalue weighted by Gasteiger charge is -2.22. The Labute approximate surface area is 106 Å². The van der Waals surface area contributed by atoms with Gasteiger partial charge in [-0.25, -0.2) is 4.39 Å². The van der Waals surface area contributed by atoms with Gasteiger partial charge in [-0.15, -0.1) is 0 Å². The molecule has 0 bridgehead atoms. The lowest BCUT2D eigenvalue weighted by molar-refractivity contribution is 0.386. The summed E-state index contributed by atoms with van der Waals surface area (Å²) in [6, 6.07) is 4.86. The third-order valence-electron chi connectivity index (χ3n) is 3.07. The molecule has 18 heavy (non-hydrogen) atoms. The van der Waals surface area contributed by atoms with Crippen molar-refractivity contribution in [2.45, 2.75) is 0 Å². The zero-order chi connectivity index (χ0) is 13.1. The molecule has 4 nitrogen and oxygen atoms in total. The fraction of sp³-hybridized carbons (Fsp3) is 0.385. The van der Waals surface area contributed by atoms with Crippen molar-refractivity contribution in [1.82, 2.24) is 5.32 Å². The summed E-state index contributed by atoms with van der Waals surface area (Å²) in [7, 11) is 3.43. The van der Waals surface area contributed by atoms with E-state index < -0.39 is 0 Å². The molecule has 0 fully saturated rings. The van der Waals surface area contributed by atoms with E-state index in [4.69, 9.17) is 10.5 Å². The Balaban J connectivity index is 2.06. The normalized spacial score (nSPS) is 18.2. The monoisotopic (exact) mass is 251 g/mol. The number of benzene rings is 1. The van der Waals surface area contributed by atoms with Crippen LogP contribution in [0.25, 0.3) is 0 Å². The lowest BCUT2D eigenvalue weighted by Crippen LogP contribution is -2.27. The minimum absolute atomic E-state index is 0.263. The van der Waals surface area contributed by atoms with Gasteiger partial charge in [0.05, 0.1) is 12.9 Å². The van der Waals surface area contributed by atoms with Crippen LogP contribution in [-0.4, -0.2) is 27.2 Å². The predicted molar refractivity (Wildman–Crippen MR) is 70.0 cm³/mol. The van der Waals surface area contributed by atoms with Crippen molar-refractivity contribution in [3.8, 4) is 5.75 Å². The van der Waals surface area contributed by atoms with E-state index in [1.165, 1.54) is 13.2 Å². The van der Waals surface area contributed by atoms with E-state index in [1.54, 1.807) is 12.1 Å². The van der Waals surface area contributed by atoms with E-state index >= 15 is 0 Å². The van der Waals surface area contributed by atoms with Crippen molar-refractivity contribution < 1.29 is 9.13 Å². The summed E-state index contributed by atoms with van der Waals surface area (Å²) >= 11 is 0. The average Bonchev–Trinajstić information content (AvgIpc) is 2.75. The van der Waals surface area contributed by atoms with Gasteiger partial charge in [0.2, 0.25) is 0 Å². The van der Waals surface area contributed by atoms with Gasteiger partial charge in [0.15, 0.2) is 11.6 Å². The molecule has 0 saturated heterocycles. The molecule has 3 N–H and O–H groups in total. The number of methoxy groups -OCH3 is 1. The summed E-state index contributed by atoms with van der Waals surface area (Å²) < 4.78 is 18.3. The summed E-state index contributed by atoms with van der Waals surface area (Å²) in [5.41, 5.74) is 6.59. The van der Waals surface area contributed by atoms with Gasteiger partial charge >= 0.3 is 0 Å². The Morgan fingerprint density at radius 1 is 1.56 bits per heavy atom. The van der Waals surface area contributed by atoms with Crippen molar-refractivity contribution in [1.29, 1.82) is 0 Å². The third-order valence-corrected chi connectivity index (χ3v) is 3.07. The van der Waals surface area contributed by atoms with Gasteiger partial charge in [0.25, 0.3) is 0 Å². The first-order chi connectivity index (χ1) is 8.60. The second-order valence-corrected chi connectivity index (χ2v) is 4.46. The van der Waals surface area contributed by atoms with Crippen LogP contribution >= 0.6 is 0 Å². The highest BCUT2D eigenvalue weighted by atomic mass is 19.1. The summed E-state index contributed by atoms with van der Waals surface area (Å²) in [5, 5.41) is 3.09. The minimum atomic E-state index is -0.346. The third kappa shape index (κ3) is 2.67. The second kappa shape index (κ2) is 5.16. The second-order valence-electron chi connectivity index (χ2n) is 4.46. The molecule has 0 unspecified atom stereocenters. The number of nitrogens with one attached hydrogen (secondary N) is 1. The summed E-state index contributed by atoms with van der Waals surface area (Å²) in [6.45, 7) is 1.66. The summed E-state index contributed by atoms with van der Waals surface area (Å²) in [6.07, 6.45) is 2.01. The molecule has 2 rings (SSSR count). The topological polar surface area (TPSA) is 50.5 Å². The van der Waals surface area contributed by atoms with Gasteiger partial charge in [-0.3, -0.25) is 0 Å². The zero-order valence-corrected chi connectivity index (χ0v) is 10.6. The van der Waals surface area contributed by atoms with Gasteiger partial charge in [-0.05, 0) is 18.2 Å². The van der Waals surface area contributed by atoms with Gasteiger partial charge in [-0.2, -0.15) is 0 Å². The molecule has 0 saturated carbocycles. The summed E-state index contributed by atoms with van der Waals surface area (Å²) in [5.74, 6) is 1.01. The highest BCUT2D eigenvalue weighted by Gasteiger charge is 2.16. The van der Waals surface area contributed by atoms with E-state index in [1.807, 2.05) is 13.1 Å². The van der Waals surface area contributed by atoms with Crippen molar-refractivity contribution in [2.75, 3.05) is 32.1 Å². The van der Waals surface area contributed by atoms with Crippen LogP contribution in [0.2, 0.25) is 0 Å². The molecule has 1 aromatic rings. The van der Waals surface area contributed by atoms with Crippen LogP contribution < -0.4 is 20.7 Å². The maximum Gasteiger partial charge on any atom is 0.165 e. The molecule has 1 aliphatic heterocycles. The van der Waals surface area contributed by atoms with E-state index in [0.717, 1.165) is 24.6 Å². The Bertz CT molecular complexity index is 462. The number of rotatable bonds is 4. The smallest absolute Gasteiger partial charge is 0.165 e. The fourth-order valence-corrected chi connectivity index (χ4v) is 2.08. The number of anilines is 1. The van der Waals surface area contributed by atoms with E-state index in [9.17, 15) is 4.39 Å². The van der Waals surface area contributed by atoms with Crippen LogP contribution in [0.1, 0.15) is 0 Å². The SMILES string of the molecule is COc1cc(N(C)C[C@@H]2C=C(N)NC2)ccc1F. The average molecular weight is 251 g/mol. The Kier molecular flexibility index (Phi) is 3.60. The van der Waals surface area contributed by atoms with Crippen molar-refractivity contribution in [3.63, 3.8) is 0 Å². The standard InChI is InChI=1S/C13H18FN3O/c1-17(8-9-5-13(15)16-7-9)10-3-4-11(14)12(6-10)18-2/h3-6,9,16H,7-8,15H2,1-2H3/t9-/m1/s1. The molecule has 0 amide bonds. The van der Waals surface area contributed by atoms with Crippen LogP contribution in [0.5, 0.6) is 5.75 Å². The molecule has 1 aliphatic rings. The van der Waals surface area contributed by atoms with Crippen LogP contribution in [0.15, 0.2) is 30.1 Å². The van der Waals surface area contributed by atoms with Gasteiger partial charge in [-0.1, -0.05) is 0 Å². The highest BCUT2D eigenvalue weighted by Crippen LogP contribution is 2.24. The molecule has 5 heteroatoms. The molecule has 0 aliphatic carbocycles. The molecule has 1 atom stereocenters. The van der Waals surface area contributed by atoms with E-state index in [0.29, 0.717) is 5.92 Å². The number of ether oxygens (including phenoxy) is 1. The Morgan fingerprint density at radius 3 is 2.94 bits per heavy atom. The molecular formula is C13H18FN3O. The zero-order valence-electron chi connectivity index (χ0n) is 10.6. The molecule has 1 heterocycles. The first-order valence-electron chi connectivity index (χ1n) is 5.86. The molecule has 0 spiro atoms. The number of nitrogens with two attached hydrogens (primary N) is 1. The van der Waals surface area contributed by atoms with Gasteiger partial charge in [0.1, 0.15) is 0 Å². The maximum absolute atomic E-state index is 13.3. The predicted octanol–water partition coefficient (Wildman–Crippen LogP) is 1.29. The molecule has 1 aromatic carbocycles. The van der Waals surface area contributed by atoms with Crippen LogP contribution in [0.3, 0.4) is 0 Å². The Morgan fingerprint density at radius 2 is 2.33 bits per heavy atom. The molecule has 0 radical (unpaired) electrons. The quantitative estimate of drug-likeness (QED) is 0.846. The largest absolute Gasteiger partial charge is 0.494 e. The first kappa shape index (κ1) is 12.5. The minimum Gasteiger partial charge on any atom is -0.494 e. The molecule has 0 aromatic heterocycles. The van der Waals surface area contributed by atoms with Crippen LogP contribution in [0, 0.1) is 11.7 Å². The number of hydrogen-bond donors (Lipinski definition) is 2.